The number of nitrogens with one attached hydrogen (secondary N) is 3. The molecule has 1 atom stereocenters. The van der Waals surface area contributed by atoms with Crippen LogP contribution in [0, 0.1) is 6.92 Å². The fraction of sp³-hybridized carbons (Fsp3) is 0.350. The molecule has 1 amide bonds. The number of amides is 1. The molecular weight excluding hydrogens is 326 g/mol. The minimum atomic E-state index is -0.162. The van der Waals surface area contributed by atoms with Gasteiger partial charge in [0.1, 0.15) is 5.69 Å². The van der Waals surface area contributed by atoms with Gasteiger partial charge >= 0.3 is 0 Å². The van der Waals surface area contributed by atoms with Gasteiger partial charge in [0.15, 0.2) is 0 Å². The number of aromatic nitrogens is 3. The maximum Gasteiger partial charge on any atom is 0.270 e. The molecule has 26 heavy (non-hydrogen) atoms. The predicted octanol–water partition coefficient (Wildman–Crippen LogP) is 3.45. The van der Waals surface area contributed by atoms with Gasteiger partial charge in [-0.15, -0.1) is 0 Å². The van der Waals surface area contributed by atoms with Gasteiger partial charge in [0.05, 0.1) is 0 Å². The average Bonchev–Trinajstić information content (AvgIpc) is 3.04. The number of benzene rings is 1. The van der Waals surface area contributed by atoms with E-state index in [2.05, 4.69) is 37.7 Å². The third-order valence-electron chi connectivity index (χ3n) is 4.43. The first-order valence-electron chi connectivity index (χ1n) is 9.02. The van der Waals surface area contributed by atoms with Gasteiger partial charge in [-0.3, -0.25) is 4.79 Å². The van der Waals surface area contributed by atoms with Crippen LogP contribution in [-0.4, -0.2) is 33.4 Å². The molecule has 3 rings (SSSR count). The van der Waals surface area contributed by atoms with Crippen LogP contribution < -0.4 is 10.6 Å². The van der Waals surface area contributed by atoms with E-state index < -0.39 is 0 Å². The van der Waals surface area contributed by atoms with Crippen molar-refractivity contribution in [1.29, 1.82) is 0 Å². The number of aromatic amines is 1. The summed E-state index contributed by atoms with van der Waals surface area (Å²) >= 11 is 0. The Morgan fingerprint density at radius 3 is 2.88 bits per heavy atom. The number of hydrogen-bond donors (Lipinski definition) is 3. The topological polar surface area (TPSA) is 82.7 Å². The summed E-state index contributed by atoms with van der Waals surface area (Å²) in [6.45, 7) is 6.57. The van der Waals surface area contributed by atoms with Gasteiger partial charge in [-0.05, 0) is 44.4 Å². The lowest BCUT2D eigenvalue weighted by Crippen LogP contribution is -2.32. The van der Waals surface area contributed by atoms with E-state index in [1.165, 1.54) is 10.9 Å². The van der Waals surface area contributed by atoms with Crippen LogP contribution in [0.15, 0.2) is 36.5 Å². The van der Waals surface area contributed by atoms with Gasteiger partial charge in [0.25, 0.3) is 5.91 Å². The zero-order valence-corrected chi connectivity index (χ0v) is 15.5. The number of H-pyrrole nitrogens is 1. The minimum Gasteiger partial charge on any atom is -0.361 e. The largest absolute Gasteiger partial charge is 0.361 e. The van der Waals surface area contributed by atoms with Crippen LogP contribution in [0.5, 0.6) is 0 Å². The molecule has 0 aliphatic heterocycles. The lowest BCUT2D eigenvalue weighted by Gasteiger charge is -2.12. The molecule has 1 aromatic carbocycles. The first-order valence-corrected chi connectivity index (χ1v) is 9.02. The number of nitrogens with zero attached hydrogens (tertiary/aromatic N) is 2. The highest BCUT2D eigenvalue weighted by molar-refractivity contribution is 5.92. The molecule has 1 unspecified atom stereocenters. The number of aryl methyl sites for hydroxylation is 1. The Kier molecular flexibility index (Phi) is 5.51. The van der Waals surface area contributed by atoms with Crippen LogP contribution in [0.2, 0.25) is 0 Å². The number of hydrogen-bond acceptors (Lipinski definition) is 4. The van der Waals surface area contributed by atoms with Crippen molar-refractivity contribution in [1.82, 2.24) is 20.3 Å². The lowest BCUT2D eigenvalue weighted by atomic mass is 10.1. The lowest BCUT2D eigenvalue weighted by molar-refractivity contribution is 0.0934. The van der Waals surface area contributed by atoms with Gasteiger partial charge in [-0.25, -0.2) is 9.97 Å². The zero-order chi connectivity index (χ0) is 18.5. The molecule has 0 spiro atoms. The number of anilines is 1. The predicted molar refractivity (Wildman–Crippen MR) is 104 cm³/mol. The molecular formula is C20H25N5O. The van der Waals surface area contributed by atoms with Crippen LogP contribution in [-0.2, 0) is 6.42 Å². The Labute approximate surface area is 153 Å². The Bertz CT molecular complexity index is 902. The first-order chi connectivity index (χ1) is 12.6. The summed E-state index contributed by atoms with van der Waals surface area (Å²) in [5, 5.41) is 7.40. The van der Waals surface area contributed by atoms with Crippen LogP contribution in [0.1, 0.15) is 42.0 Å². The molecule has 0 radical (unpaired) electrons. The molecule has 3 N–H and O–H groups in total. The van der Waals surface area contributed by atoms with Crippen molar-refractivity contribution in [2.24, 2.45) is 0 Å². The highest BCUT2D eigenvalue weighted by Crippen LogP contribution is 2.18. The molecule has 0 saturated carbocycles. The maximum absolute atomic E-state index is 12.3. The second-order valence-corrected chi connectivity index (χ2v) is 6.54. The monoisotopic (exact) mass is 351 g/mol. The Balaban J connectivity index is 1.65. The number of para-hydroxylation sites is 1. The minimum absolute atomic E-state index is 0.121. The van der Waals surface area contributed by atoms with Crippen molar-refractivity contribution < 1.29 is 4.79 Å². The molecule has 6 nitrogen and oxygen atoms in total. The molecule has 6 heteroatoms. The smallest absolute Gasteiger partial charge is 0.270 e. The number of carbonyl (C=O) groups excluding carboxylic acids is 1. The Morgan fingerprint density at radius 2 is 2.08 bits per heavy atom. The normalized spacial score (nSPS) is 12.1. The number of rotatable bonds is 7. The molecule has 2 aromatic heterocycles. The average molecular weight is 351 g/mol. The van der Waals surface area contributed by atoms with Gasteiger partial charge in [0.2, 0.25) is 5.95 Å². The second-order valence-electron chi connectivity index (χ2n) is 6.54. The third-order valence-corrected chi connectivity index (χ3v) is 4.43. The molecule has 0 bridgehead atoms. The summed E-state index contributed by atoms with van der Waals surface area (Å²) in [6, 6.07) is 10.1. The summed E-state index contributed by atoms with van der Waals surface area (Å²) in [4.78, 5) is 24.3. The van der Waals surface area contributed by atoms with E-state index in [-0.39, 0.29) is 11.9 Å². The number of carbonyl (C=O) groups is 1. The van der Waals surface area contributed by atoms with Gasteiger partial charge < -0.3 is 15.6 Å². The van der Waals surface area contributed by atoms with E-state index >= 15 is 0 Å². The summed E-state index contributed by atoms with van der Waals surface area (Å²) in [5.41, 5.74) is 3.55. The zero-order valence-electron chi connectivity index (χ0n) is 15.5. The molecule has 0 fully saturated rings. The van der Waals surface area contributed by atoms with Gasteiger partial charge in [0, 0.05) is 35.4 Å². The Morgan fingerprint density at radius 1 is 1.27 bits per heavy atom. The SMILES string of the molecule is CCC(C)NC(=O)c1cc(C)nc(NCCc2c[nH]c3ccccc23)n1. The molecule has 0 saturated heterocycles. The van der Waals surface area contributed by atoms with Crippen molar-refractivity contribution in [2.75, 3.05) is 11.9 Å². The molecule has 3 aromatic rings. The first kappa shape index (κ1) is 17.9. The van der Waals surface area contributed by atoms with Gasteiger partial charge in [-0.2, -0.15) is 0 Å². The van der Waals surface area contributed by atoms with Crippen molar-refractivity contribution in [3.8, 4) is 0 Å². The van der Waals surface area contributed by atoms with Crippen molar-refractivity contribution >= 4 is 22.8 Å². The quantitative estimate of drug-likeness (QED) is 0.609. The van der Waals surface area contributed by atoms with E-state index in [4.69, 9.17) is 0 Å². The fourth-order valence-electron chi connectivity index (χ4n) is 2.81. The number of fused-ring (bicyclic) bond motifs is 1. The molecule has 2 heterocycles. The highest BCUT2D eigenvalue weighted by Gasteiger charge is 2.12. The molecule has 0 aliphatic rings. The summed E-state index contributed by atoms with van der Waals surface area (Å²) < 4.78 is 0. The Hall–Kier alpha value is -2.89. The summed E-state index contributed by atoms with van der Waals surface area (Å²) in [6.07, 6.45) is 3.76. The van der Waals surface area contributed by atoms with E-state index in [0.717, 1.165) is 24.1 Å². The van der Waals surface area contributed by atoms with Gasteiger partial charge in [-0.1, -0.05) is 25.1 Å². The van der Waals surface area contributed by atoms with Crippen molar-refractivity contribution in [3.63, 3.8) is 0 Å². The standard InChI is InChI=1S/C20H25N5O/c1-4-13(2)23-19(26)18-11-14(3)24-20(25-18)21-10-9-15-12-22-17-8-6-5-7-16(15)17/h5-8,11-13,22H,4,9-10H2,1-3H3,(H,23,26)(H,21,24,25). The van der Waals surface area contributed by atoms with Crippen LogP contribution in [0.3, 0.4) is 0 Å². The van der Waals surface area contributed by atoms with Crippen molar-refractivity contribution in [3.05, 3.63) is 53.5 Å². The van der Waals surface area contributed by atoms with Crippen LogP contribution in [0.4, 0.5) is 5.95 Å². The van der Waals surface area contributed by atoms with E-state index in [1.807, 2.05) is 39.1 Å². The third kappa shape index (κ3) is 4.20. The molecule has 136 valence electrons. The van der Waals surface area contributed by atoms with E-state index in [1.54, 1.807) is 6.07 Å². The highest BCUT2D eigenvalue weighted by atomic mass is 16.1. The summed E-state index contributed by atoms with van der Waals surface area (Å²) in [5.74, 6) is 0.323. The second kappa shape index (κ2) is 7.99. The fourth-order valence-corrected chi connectivity index (χ4v) is 2.81. The molecule has 0 aliphatic carbocycles. The van der Waals surface area contributed by atoms with Crippen LogP contribution in [0.25, 0.3) is 10.9 Å². The maximum atomic E-state index is 12.3. The summed E-state index contributed by atoms with van der Waals surface area (Å²) in [7, 11) is 0. The van der Waals surface area contributed by atoms with Crippen LogP contribution >= 0.6 is 0 Å². The van der Waals surface area contributed by atoms with E-state index in [9.17, 15) is 4.79 Å². The van der Waals surface area contributed by atoms with Crippen molar-refractivity contribution in [2.45, 2.75) is 39.7 Å². The van der Waals surface area contributed by atoms with E-state index in [0.29, 0.717) is 18.2 Å².